The summed E-state index contributed by atoms with van der Waals surface area (Å²) in [5.41, 5.74) is 6.43. The molecule has 0 aliphatic carbocycles. The van der Waals surface area contributed by atoms with Crippen molar-refractivity contribution in [1.29, 1.82) is 0 Å². The number of anilines is 6. The van der Waals surface area contributed by atoms with Crippen LogP contribution in [0.25, 0.3) is 42.1 Å². The molecule has 0 radical (unpaired) electrons. The van der Waals surface area contributed by atoms with Crippen LogP contribution >= 0.6 is 22.7 Å². The van der Waals surface area contributed by atoms with E-state index in [4.69, 9.17) is 0 Å². The first-order valence-electron chi connectivity index (χ1n) is 16.5. The van der Waals surface area contributed by atoms with Crippen LogP contribution in [0.15, 0.2) is 175 Å². The molecule has 0 aliphatic heterocycles. The SMILES string of the molecule is O=Cc1sc(-c2cccs2)c2c3ccc(N(c4ccccc4)c4ccccc4)cc3c3cc(N(c4ccccc4)c4ccccc4)ccc3c12. The number of fused-ring (bicyclic) bond motifs is 6. The summed E-state index contributed by atoms with van der Waals surface area (Å²) < 4.78 is 0. The van der Waals surface area contributed by atoms with Gasteiger partial charge >= 0.3 is 0 Å². The summed E-state index contributed by atoms with van der Waals surface area (Å²) in [6.45, 7) is 0. The second-order valence-corrected chi connectivity index (χ2v) is 14.1. The molecule has 0 spiro atoms. The first-order chi connectivity index (χ1) is 24.8. The Kier molecular flexibility index (Phi) is 7.69. The summed E-state index contributed by atoms with van der Waals surface area (Å²) in [4.78, 5) is 20.5. The molecule has 9 aromatic rings. The highest BCUT2D eigenvalue weighted by molar-refractivity contribution is 7.24. The number of hydrogen-bond acceptors (Lipinski definition) is 5. The van der Waals surface area contributed by atoms with Crippen LogP contribution < -0.4 is 9.80 Å². The first-order valence-corrected chi connectivity index (χ1v) is 18.2. The molecule has 0 unspecified atom stereocenters. The van der Waals surface area contributed by atoms with Gasteiger partial charge in [-0.3, -0.25) is 4.79 Å². The molecule has 9 rings (SSSR count). The van der Waals surface area contributed by atoms with E-state index in [-0.39, 0.29) is 0 Å². The van der Waals surface area contributed by atoms with Crippen molar-refractivity contribution in [2.45, 2.75) is 0 Å². The number of benzene rings is 7. The number of thiophene rings is 2. The third-order valence-electron chi connectivity index (χ3n) is 9.20. The minimum atomic E-state index is 0.755. The number of carbonyl (C=O) groups excluding carboxylic acids is 1. The van der Waals surface area contributed by atoms with Crippen LogP contribution in [0.5, 0.6) is 0 Å². The van der Waals surface area contributed by atoms with Gasteiger partial charge in [0.15, 0.2) is 6.29 Å². The van der Waals surface area contributed by atoms with Gasteiger partial charge in [-0.05, 0) is 106 Å². The smallest absolute Gasteiger partial charge is 0.160 e. The lowest BCUT2D eigenvalue weighted by Crippen LogP contribution is -2.10. The van der Waals surface area contributed by atoms with E-state index in [1.54, 1.807) is 22.7 Å². The van der Waals surface area contributed by atoms with Gasteiger partial charge < -0.3 is 9.80 Å². The Labute approximate surface area is 298 Å². The molecule has 3 nitrogen and oxygen atoms in total. The number of carbonyl (C=O) groups is 1. The Balaban J connectivity index is 1.38. The summed E-state index contributed by atoms with van der Waals surface area (Å²) in [6.07, 6.45) is 1.03. The second-order valence-electron chi connectivity index (χ2n) is 12.1. The lowest BCUT2D eigenvalue weighted by atomic mass is 9.93. The molecule has 0 N–H and O–H groups in total. The predicted octanol–water partition coefficient (Wildman–Crippen LogP) is 13.7. The van der Waals surface area contributed by atoms with E-state index in [1.807, 2.05) is 12.1 Å². The predicted molar refractivity (Wildman–Crippen MR) is 215 cm³/mol. The van der Waals surface area contributed by atoms with Crippen molar-refractivity contribution in [2.24, 2.45) is 0 Å². The van der Waals surface area contributed by atoms with E-state index in [2.05, 4.69) is 173 Å². The van der Waals surface area contributed by atoms with Crippen molar-refractivity contribution >= 4 is 95.4 Å². The summed E-state index contributed by atoms with van der Waals surface area (Å²) in [5, 5.41) is 8.70. The largest absolute Gasteiger partial charge is 0.310 e. The highest BCUT2D eigenvalue weighted by atomic mass is 32.1. The van der Waals surface area contributed by atoms with Gasteiger partial charge in [-0.2, -0.15) is 0 Å². The molecule has 7 aromatic carbocycles. The van der Waals surface area contributed by atoms with Crippen LogP contribution in [0.2, 0.25) is 0 Å². The lowest BCUT2D eigenvalue weighted by molar-refractivity contribution is 0.112. The molecule has 2 aromatic heterocycles. The molecule has 0 atom stereocenters. The third-order valence-corrected chi connectivity index (χ3v) is 11.4. The standard InChI is InChI=1S/C45H30N2OS2/c48-30-42-43-37-25-23-35(46(31-14-5-1-6-15-31)32-16-7-2-8-17-32)28-39(37)40-29-36(24-26-38(40)44(43)45(50-42)41-22-13-27-49-41)47(33-18-9-3-10-19-33)34-20-11-4-12-21-34/h1-30H. The number of para-hydroxylation sites is 4. The maximum atomic E-state index is 12.8. The highest BCUT2D eigenvalue weighted by Crippen LogP contribution is 2.49. The molecular weight excluding hydrogens is 649 g/mol. The Hall–Kier alpha value is -6.01. The molecule has 0 saturated heterocycles. The van der Waals surface area contributed by atoms with Gasteiger partial charge in [0.25, 0.3) is 0 Å². The van der Waals surface area contributed by atoms with E-state index in [0.717, 1.165) is 82.5 Å². The molecule has 50 heavy (non-hydrogen) atoms. The van der Waals surface area contributed by atoms with Gasteiger partial charge in [0, 0.05) is 49.8 Å². The van der Waals surface area contributed by atoms with Crippen LogP contribution in [0.3, 0.4) is 0 Å². The Morgan fingerprint density at radius 1 is 0.420 bits per heavy atom. The minimum absolute atomic E-state index is 0.755. The highest BCUT2D eigenvalue weighted by Gasteiger charge is 2.23. The van der Waals surface area contributed by atoms with Gasteiger partial charge in [-0.25, -0.2) is 0 Å². The maximum absolute atomic E-state index is 12.8. The fourth-order valence-electron chi connectivity index (χ4n) is 7.06. The van der Waals surface area contributed by atoms with Gasteiger partial charge in [0.05, 0.1) is 9.75 Å². The minimum Gasteiger partial charge on any atom is -0.310 e. The summed E-state index contributed by atoms with van der Waals surface area (Å²) in [6, 6.07) is 59.7. The van der Waals surface area contributed by atoms with Gasteiger partial charge in [0.1, 0.15) is 0 Å². The Morgan fingerprint density at radius 2 is 0.860 bits per heavy atom. The molecule has 0 bridgehead atoms. The van der Waals surface area contributed by atoms with Crippen molar-refractivity contribution in [2.75, 3.05) is 9.80 Å². The van der Waals surface area contributed by atoms with Crippen molar-refractivity contribution in [3.05, 3.63) is 180 Å². The third kappa shape index (κ3) is 5.15. The summed E-state index contributed by atoms with van der Waals surface area (Å²) >= 11 is 3.30. The molecule has 0 aliphatic rings. The summed E-state index contributed by atoms with van der Waals surface area (Å²) in [5.74, 6) is 0. The van der Waals surface area contributed by atoms with Crippen LogP contribution in [0, 0.1) is 0 Å². The number of aldehydes is 1. The maximum Gasteiger partial charge on any atom is 0.160 e. The fourth-order valence-corrected chi connectivity index (χ4v) is 9.07. The average Bonchev–Trinajstić information content (AvgIpc) is 3.86. The van der Waals surface area contributed by atoms with Crippen LogP contribution in [0.4, 0.5) is 34.1 Å². The number of hydrogen-bond donors (Lipinski definition) is 0. The van der Waals surface area contributed by atoms with Crippen molar-refractivity contribution in [3.63, 3.8) is 0 Å². The fraction of sp³-hybridized carbons (Fsp3) is 0. The normalized spacial score (nSPS) is 11.3. The quantitative estimate of drug-likeness (QED) is 0.118. The molecule has 2 heterocycles. The average molecular weight is 679 g/mol. The molecule has 238 valence electrons. The Morgan fingerprint density at radius 3 is 1.26 bits per heavy atom. The van der Waals surface area contributed by atoms with Crippen molar-refractivity contribution < 1.29 is 4.79 Å². The number of nitrogens with zero attached hydrogens (tertiary/aromatic N) is 2. The van der Waals surface area contributed by atoms with E-state index >= 15 is 0 Å². The van der Waals surface area contributed by atoms with Crippen molar-refractivity contribution in [3.8, 4) is 9.75 Å². The monoisotopic (exact) mass is 678 g/mol. The molecule has 0 saturated carbocycles. The van der Waals surface area contributed by atoms with E-state index < -0.39 is 0 Å². The van der Waals surface area contributed by atoms with Crippen molar-refractivity contribution in [1.82, 2.24) is 0 Å². The molecular formula is C45H30N2OS2. The van der Waals surface area contributed by atoms with E-state index in [0.29, 0.717) is 0 Å². The summed E-state index contributed by atoms with van der Waals surface area (Å²) in [7, 11) is 0. The Bertz CT molecular complexity index is 2520. The van der Waals surface area contributed by atoms with E-state index in [1.165, 1.54) is 4.88 Å². The first kappa shape index (κ1) is 30.1. The second kappa shape index (κ2) is 12.8. The zero-order valence-electron chi connectivity index (χ0n) is 26.9. The topological polar surface area (TPSA) is 23.6 Å². The van der Waals surface area contributed by atoms with Crippen LogP contribution in [-0.2, 0) is 0 Å². The number of rotatable bonds is 8. The van der Waals surface area contributed by atoms with Crippen LogP contribution in [-0.4, -0.2) is 6.29 Å². The zero-order chi connectivity index (χ0) is 33.4. The zero-order valence-corrected chi connectivity index (χ0v) is 28.6. The molecule has 0 fully saturated rings. The lowest BCUT2D eigenvalue weighted by Gasteiger charge is -2.27. The van der Waals surface area contributed by atoms with Gasteiger partial charge in [-0.1, -0.05) is 91.0 Å². The van der Waals surface area contributed by atoms with Gasteiger partial charge in [-0.15, -0.1) is 22.7 Å². The van der Waals surface area contributed by atoms with Gasteiger partial charge in [0.2, 0.25) is 0 Å². The van der Waals surface area contributed by atoms with E-state index in [9.17, 15) is 4.79 Å². The molecule has 5 heteroatoms. The van der Waals surface area contributed by atoms with Crippen LogP contribution in [0.1, 0.15) is 9.67 Å². The molecule has 0 amide bonds.